The number of benzene rings is 1. The highest BCUT2D eigenvalue weighted by Gasteiger charge is 2.28. The highest BCUT2D eigenvalue weighted by Crippen LogP contribution is 2.41. The lowest BCUT2D eigenvalue weighted by atomic mass is 10.0. The van der Waals surface area contributed by atoms with Crippen LogP contribution in [-0.2, 0) is 0 Å². The van der Waals surface area contributed by atoms with Crippen LogP contribution < -0.4 is 14.8 Å². The molecule has 2 heterocycles. The summed E-state index contributed by atoms with van der Waals surface area (Å²) in [6, 6.07) is 8.66. The minimum absolute atomic E-state index is 0.209. The van der Waals surface area contributed by atoms with E-state index in [0.29, 0.717) is 0 Å². The average Bonchev–Trinajstić information content (AvgIpc) is 3.01. The summed E-state index contributed by atoms with van der Waals surface area (Å²) in [6.07, 6.45) is 0. The second-order valence-corrected chi connectivity index (χ2v) is 6.74. The fraction of sp³-hybridized carbons (Fsp3) is 0.444. The second kappa shape index (κ2) is 7.34. The van der Waals surface area contributed by atoms with Gasteiger partial charge >= 0.3 is 0 Å². The van der Waals surface area contributed by atoms with Gasteiger partial charge in [0.1, 0.15) is 0 Å². The molecular formula is C18H24N2O2S. The van der Waals surface area contributed by atoms with Crippen LogP contribution in [0.5, 0.6) is 11.5 Å². The van der Waals surface area contributed by atoms with Crippen LogP contribution in [0.4, 0.5) is 0 Å². The Kier molecular flexibility index (Phi) is 5.20. The van der Waals surface area contributed by atoms with Gasteiger partial charge in [0.2, 0.25) is 0 Å². The standard InChI is InChI=1S/C18H24N2O2S/c1-13-11-16(23-12-13)17(20-9-7-19-8-10-20)14-5-4-6-15(21-2)18(14)22-3/h4-6,11-12,17,19H,7-10H2,1-3H3. The molecule has 0 bridgehead atoms. The number of hydrogen-bond donors (Lipinski definition) is 1. The average molecular weight is 332 g/mol. The third kappa shape index (κ3) is 3.37. The van der Waals surface area contributed by atoms with E-state index in [-0.39, 0.29) is 6.04 Å². The second-order valence-electron chi connectivity index (χ2n) is 5.80. The third-order valence-electron chi connectivity index (χ3n) is 4.27. The molecule has 1 unspecified atom stereocenters. The number of nitrogens with zero attached hydrogens (tertiary/aromatic N) is 1. The predicted octanol–water partition coefficient (Wildman–Crippen LogP) is 3.07. The smallest absolute Gasteiger partial charge is 0.165 e. The first-order chi connectivity index (χ1) is 11.2. The summed E-state index contributed by atoms with van der Waals surface area (Å²) in [6.45, 7) is 6.25. The van der Waals surface area contributed by atoms with Gasteiger partial charge in [-0.05, 0) is 30.0 Å². The van der Waals surface area contributed by atoms with Crippen molar-refractivity contribution in [3.63, 3.8) is 0 Å². The molecule has 0 amide bonds. The Hall–Kier alpha value is -1.56. The number of hydrogen-bond acceptors (Lipinski definition) is 5. The topological polar surface area (TPSA) is 33.7 Å². The Balaban J connectivity index is 2.08. The molecule has 1 N–H and O–H groups in total. The van der Waals surface area contributed by atoms with Crippen molar-refractivity contribution in [3.05, 3.63) is 45.6 Å². The van der Waals surface area contributed by atoms with E-state index in [1.54, 1.807) is 14.2 Å². The maximum Gasteiger partial charge on any atom is 0.165 e. The van der Waals surface area contributed by atoms with E-state index in [4.69, 9.17) is 9.47 Å². The molecule has 0 aliphatic carbocycles. The first-order valence-electron chi connectivity index (χ1n) is 7.95. The summed E-state index contributed by atoms with van der Waals surface area (Å²) >= 11 is 1.82. The van der Waals surface area contributed by atoms with E-state index in [2.05, 4.69) is 34.7 Å². The number of piperazine rings is 1. The number of nitrogens with one attached hydrogen (secondary N) is 1. The van der Waals surface area contributed by atoms with Crippen molar-refractivity contribution in [1.82, 2.24) is 10.2 Å². The van der Waals surface area contributed by atoms with Crippen molar-refractivity contribution in [2.75, 3.05) is 40.4 Å². The summed E-state index contributed by atoms with van der Waals surface area (Å²) in [4.78, 5) is 3.88. The van der Waals surface area contributed by atoms with Crippen LogP contribution in [0.15, 0.2) is 29.6 Å². The molecule has 2 aromatic rings. The molecule has 3 rings (SSSR count). The van der Waals surface area contributed by atoms with Gasteiger partial charge in [0.05, 0.1) is 20.3 Å². The normalized spacial score (nSPS) is 17.0. The minimum atomic E-state index is 0.209. The van der Waals surface area contributed by atoms with Crippen molar-refractivity contribution in [2.24, 2.45) is 0 Å². The third-order valence-corrected chi connectivity index (χ3v) is 5.37. The molecule has 1 saturated heterocycles. The Bertz CT molecular complexity index is 650. The van der Waals surface area contributed by atoms with Crippen molar-refractivity contribution >= 4 is 11.3 Å². The number of aryl methyl sites for hydroxylation is 1. The maximum absolute atomic E-state index is 5.70. The fourth-order valence-electron chi connectivity index (χ4n) is 3.19. The summed E-state index contributed by atoms with van der Waals surface area (Å²) in [5.41, 5.74) is 2.49. The van der Waals surface area contributed by atoms with Crippen molar-refractivity contribution in [1.29, 1.82) is 0 Å². The van der Waals surface area contributed by atoms with Crippen LogP contribution in [-0.4, -0.2) is 45.3 Å². The highest BCUT2D eigenvalue weighted by atomic mass is 32.1. The zero-order valence-corrected chi connectivity index (χ0v) is 14.8. The van der Waals surface area contributed by atoms with E-state index in [0.717, 1.165) is 37.7 Å². The molecule has 0 radical (unpaired) electrons. The van der Waals surface area contributed by atoms with Crippen molar-refractivity contribution in [2.45, 2.75) is 13.0 Å². The maximum atomic E-state index is 5.70. The molecular weight excluding hydrogens is 308 g/mol. The Morgan fingerprint density at radius 3 is 2.57 bits per heavy atom. The number of ether oxygens (including phenoxy) is 2. The molecule has 1 aromatic carbocycles. The van der Waals surface area contributed by atoms with Crippen molar-refractivity contribution in [3.8, 4) is 11.5 Å². The van der Waals surface area contributed by atoms with Crippen LogP contribution >= 0.6 is 11.3 Å². The van der Waals surface area contributed by atoms with Gasteiger partial charge in [-0.3, -0.25) is 4.90 Å². The van der Waals surface area contributed by atoms with E-state index in [1.165, 1.54) is 16.0 Å². The minimum Gasteiger partial charge on any atom is -0.493 e. The Morgan fingerprint density at radius 2 is 1.96 bits per heavy atom. The summed E-state index contributed by atoms with van der Waals surface area (Å²) < 4.78 is 11.2. The fourth-order valence-corrected chi connectivity index (χ4v) is 4.24. The van der Waals surface area contributed by atoms with E-state index >= 15 is 0 Å². The molecule has 0 saturated carbocycles. The molecule has 23 heavy (non-hydrogen) atoms. The lowest BCUT2D eigenvalue weighted by Gasteiger charge is -2.35. The first kappa shape index (κ1) is 16.3. The van der Waals surface area contributed by atoms with Crippen LogP contribution in [0.3, 0.4) is 0 Å². The number of para-hydroxylation sites is 1. The Labute approximate surface area is 142 Å². The molecule has 124 valence electrons. The van der Waals surface area contributed by atoms with E-state index < -0.39 is 0 Å². The van der Waals surface area contributed by atoms with Gasteiger partial charge in [0.15, 0.2) is 11.5 Å². The molecule has 0 spiro atoms. The van der Waals surface area contributed by atoms with Gasteiger partial charge in [-0.25, -0.2) is 0 Å². The van der Waals surface area contributed by atoms with Gasteiger partial charge in [0.25, 0.3) is 0 Å². The summed E-state index contributed by atoms with van der Waals surface area (Å²) in [5.74, 6) is 1.63. The zero-order valence-electron chi connectivity index (χ0n) is 14.0. The molecule has 5 heteroatoms. The van der Waals surface area contributed by atoms with Gasteiger partial charge in [-0.15, -0.1) is 11.3 Å². The van der Waals surface area contributed by atoms with E-state index in [1.807, 2.05) is 23.5 Å². The number of thiophene rings is 1. The predicted molar refractivity (Wildman–Crippen MR) is 94.9 cm³/mol. The SMILES string of the molecule is COc1cccc(C(c2cc(C)cs2)N2CCNCC2)c1OC. The molecule has 1 aromatic heterocycles. The largest absolute Gasteiger partial charge is 0.493 e. The number of methoxy groups -OCH3 is 2. The molecule has 1 aliphatic heterocycles. The van der Waals surface area contributed by atoms with Crippen molar-refractivity contribution < 1.29 is 9.47 Å². The summed E-state index contributed by atoms with van der Waals surface area (Å²) in [5, 5.41) is 5.65. The molecule has 4 nitrogen and oxygen atoms in total. The van der Waals surface area contributed by atoms with E-state index in [9.17, 15) is 0 Å². The highest BCUT2D eigenvalue weighted by molar-refractivity contribution is 7.10. The zero-order chi connectivity index (χ0) is 16.2. The molecule has 1 fully saturated rings. The molecule has 1 atom stereocenters. The summed E-state index contributed by atoms with van der Waals surface area (Å²) in [7, 11) is 3.41. The van der Waals surface area contributed by atoms with Crippen LogP contribution in [0.1, 0.15) is 22.0 Å². The lowest BCUT2D eigenvalue weighted by Crippen LogP contribution is -2.45. The first-order valence-corrected chi connectivity index (χ1v) is 8.83. The molecule has 1 aliphatic rings. The van der Waals surface area contributed by atoms with Gasteiger partial charge in [-0.2, -0.15) is 0 Å². The van der Waals surface area contributed by atoms with Gasteiger partial charge < -0.3 is 14.8 Å². The van der Waals surface area contributed by atoms with Gasteiger partial charge in [-0.1, -0.05) is 12.1 Å². The lowest BCUT2D eigenvalue weighted by molar-refractivity contribution is 0.197. The van der Waals surface area contributed by atoms with Crippen LogP contribution in [0.2, 0.25) is 0 Å². The van der Waals surface area contributed by atoms with Crippen LogP contribution in [0.25, 0.3) is 0 Å². The monoisotopic (exact) mass is 332 g/mol. The van der Waals surface area contributed by atoms with Gasteiger partial charge in [0, 0.05) is 36.6 Å². The quantitative estimate of drug-likeness (QED) is 0.912. The Morgan fingerprint density at radius 1 is 1.17 bits per heavy atom. The number of rotatable bonds is 5. The van der Waals surface area contributed by atoms with Crippen LogP contribution in [0, 0.1) is 6.92 Å².